The lowest BCUT2D eigenvalue weighted by atomic mass is 10.2. The van der Waals surface area contributed by atoms with E-state index in [0.29, 0.717) is 17.3 Å². The van der Waals surface area contributed by atoms with Crippen molar-refractivity contribution in [3.05, 3.63) is 59.9 Å². The molecule has 0 aliphatic carbocycles. The van der Waals surface area contributed by atoms with Crippen LogP contribution in [0.3, 0.4) is 0 Å². The van der Waals surface area contributed by atoms with Gasteiger partial charge in [0.15, 0.2) is 11.6 Å². The predicted octanol–water partition coefficient (Wildman–Crippen LogP) is 1.59. The Labute approximate surface area is 103 Å². The third-order valence-electron chi connectivity index (χ3n) is 2.46. The molecule has 0 radical (unpaired) electrons. The van der Waals surface area contributed by atoms with Crippen LogP contribution in [0, 0.1) is 0 Å². The van der Waals surface area contributed by atoms with E-state index in [0.717, 1.165) is 5.56 Å². The number of amidine groups is 1. The fourth-order valence-electron chi connectivity index (χ4n) is 1.62. The number of nitrogens with zero attached hydrogens (tertiary/aromatic N) is 2. The van der Waals surface area contributed by atoms with E-state index in [1.54, 1.807) is 42.7 Å². The van der Waals surface area contributed by atoms with E-state index in [1.165, 1.54) is 6.26 Å². The van der Waals surface area contributed by atoms with Crippen LogP contribution in [0.2, 0.25) is 0 Å². The molecule has 0 aromatic carbocycles. The number of nitrogens with one attached hydrogen (secondary N) is 1. The highest BCUT2D eigenvalue weighted by Gasteiger charge is 2.22. The fraction of sp³-hybridized carbons (Fsp3) is 0. The standard InChI is InChI=1S/C13H9N3O2/c17-13-10(8-9-3-5-14-6-4-9)15-12(16-13)11-2-1-7-18-11/h1-8H,(H,15,16,17)/b10-8+. The second-order valence-electron chi connectivity index (χ2n) is 3.70. The minimum Gasteiger partial charge on any atom is -0.461 e. The first kappa shape index (κ1) is 10.5. The summed E-state index contributed by atoms with van der Waals surface area (Å²) in [5.74, 6) is 0.741. The van der Waals surface area contributed by atoms with E-state index in [9.17, 15) is 4.79 Å². The van der Waals surface area contributed by atoms with Gasteiger partial charge in [0.2, 0.25) is 0 Å². The minimum absolute atomic E-state index is 0.238. The largest absolute Gasteiger partial charge is 0.461 e. The van der Waals surface area contributed by atoms with Gasteiger partial charge in [-0.25, -0.2) is 4.99 Å². The number of aliphatic imine (C=N–C) groups is 1. The van der Waals surface area contributed by atoms with Gasteiger partial charge in [0.1, 0.15) is 5.70 Å². The number of aromatic nitrogens is 1. The summed E-state index contributed by atoms with van der Waals surface area (Å²) >= 11 is 0. The number of amides is 1. The van der Waals surface area contributed by atoms with Crippen LogP contribution in [0.4, 0.5) is 0 Å². The average molecular weight is 239 g/mol. The second-order valence-corrected chi connectivity index (χ2v) is 3.70. The Morgan fingerprint density at radius 1 is 1.22 bits per heavy atom. The molecule has 0 spiro atoms. The summed E-state index contributed by atoms with van der Waals surface area (Å²) in [5.41, 5.74) is 1.23. The van der Waals surface area contributed by atoms with Crippen LogP contribution in [0.5, 0.6) is 0 Å². The topological polar surface area (TPSA) is 67.5 Å². The Morgan fingerprint density at radius 2 is 2.06 bits per heavy atom. The monoisotopic (exact) mass is 239 g/mol. The van der Waals surface area contributed by atoms with E-state index in [-0.39, 0.29) is 5.91 Å². The number of pyridine rings is 1. The molecule has 5 nitrogen and oxygen atoms in total. The van der Waals surface area contributed by atoms with Crippen LogP contribution in [0.1, 0.15) is 11.3 Å². The van der Waals surface area contributed by atoms with Gasteiger partial charge in [-0.15, -0.1) is 0 Å². The summed E-state index contributed by atoms with van der Waals surface area (Å²) in [6.07, 6.45) is 6.56. The Kier molecular flexibility index (Phi) is 2.49. The summed E-state index contributed by atoms with van der Waals surface area (Å²) in [6, 6.07) is 7.10. The summed E-state index contributed by atoms with van der Waals surface area (Å²) in [7, 11) is 0. The van der Waals surface area contributed by atoms with Gasteiger partial charge >= 0.3 is 0 Å². The molecule has 88 valence electrons. The van der Waals surface area contributed by atoms with Crippen molar-refractivity contribution in [2.24, 2.45) is 4.99 Å². The summed E-state index contributed by atoms with van der Waals surface area (Å²) in [4.78, 5) is 19.9. The highest BCUT2D eigenvalue weighted by atomic mass is 16.3. The number of furan rings is 1. The van der Waals surface area contributed by atoms with E-state index < -0.39 is 0 Å². The lowest BCUT2D eigenvalue weighted by Crippen LogP contribution is -2.24. The van der Waals surface area contributed by atoms with Crippen LogP contribution in [-0.4, -0.2) is 16.7 Å². The quantitative estimate of drug-likeness (QED) is 0.809. The lowest BCUT2D eigenvalue weighted by Gasteiger charge is -1.93. The smallest absolute Gasteiger partial charge is 0.275 e. The van der Waals surface area contributed by atoms with Crippen molar-refractivity contribution in [2.75, 3.05) is 0 Å². The molecule has 0 saturated heterocycles. The van der Waals surface area contributed by atoms with Gasteiger partial charge < -0.3 is 9.73 Å². The first-order valence-corrected chi connectivity index (χ1v) is 5.38. The predicted molar refractivity (Wildman–Crippen MR) is 65.6 cm³/mol. The summed E-state index contributed by atoms with van der Waals surface area (Å²) < 4.78 is 5.18. The molecule has 1 aliphatic heterocycles. The zero-order chi connectivity index (χ0) is 12.4. The first-order valence-electron chi connectivity index (χ1n) is 5.38. The SMILES string of the molecule is O=C1NC(c2ccco2)=N/C1=C/c1ccncc1. The zero-order valence-electron chi connectivity index (χ0n) is 9.33. The van der Waals surface area contributed by atoms with Gasteiger partial charge in [0.25, 0.3) is 5.91 Å². The molecule has 1 aliphatic rings. The van der Waals surface area contributed by atoms with Gasteiger partial charge in [0, 0.05) is 12.4 Å². The van der Waals surface area contributed by atoms with Crippen molar-refractivity contribution in [1.29, 1.82) is 0 Å². The number of hydrogen-bond acceptors (Lipinski definition) is 4. The first-order chi connectivity index (χ1) is 8.83. The van der Waals surface area contributed by atoms with Gasteiger partial charge in [0.05, 0.1) is 6.26 Å². The molecule has 0 fully saturated rings. The van der Waals surface area contributed by atoms with Crippen molar-refractivity contribution in [3.8, 4) is 0 Å². The molecular formula is C13H9N3O2. The molecule has 2 aromatic rings. The molecule has 3 heterocycles. The second kappa shape index (κ2) is 4.29. The number of carbonyl (C=O) groups is 1. The Hall–Kier alpha value is -2.69. The fourth-order valence-corrected chi connectivity index (χ4v) is 1.62. The van der Waals surface area contributed by atoms with Crippen LogP contribution < -0.4 is 5.32 Å². The zero-order valence-corrected chi connectivity index (χ0v) is 9.33. The van der Waals surface area contributed by atoms with Gasteiger partial charge in [-0.1, -0.05) is 0 Å². The maximum Gasteiger partial charge on any atom is 0.275 e. The van der Waals surface area contributed by atoms with Gasteiger partial charge in [-0.05, 0) is 35.9 Å². The third kappa shape index (κ3) is 1.93. The van der Waals surface area contributed by atoms with Crippen molar-refractivity contribution < 1.29 is 9.21 Å². The van der Waals surface area contributed by atoms with Crippen LogP contribution in [0.25, 0.3) is 6.08 Å². The average Bonchev–Trinajstić information content (AvgIpc) is 3.01. The molecule has 2 aromatic heterocycles. The molecule has 1 amide bonds. The summed E-state index contributed by atoms with van der Waals surface area (Å²) in [6.45, 7) is 0. The van der Waals surface area contributed by atoms with E-state index in [2.05, 4.69) is 15.3 Å². The maximum atomic E-state index is 11.7. The molecule has 0 atom stereocenters. The number of carbonyl (C=O) groups excluding carboxylic acids is 1. The molecule has 5 heteroatoms. The third-order valence-corrected chi connectivity index (χ3v) is 2.46. The number of rotatable bonds is 2. The highest BCUT2D eigenvalue weighted by Crippen LogP contribution is 2.14. The normalized spacial score (nSPS) is 16.8. The minimum atomic E-state index is -0.238. The van der Waals surface area contributed by atoms with Crippen molar-refractivity contribution in [2.45, 2.75) is 0 Å². The number of hydrogen-bond donors (Lipinski definition) is 1. The molecule has 1 N–H and O–H groups in total. The van der Waals surface area contributed by atoms with E-state index in [1.807, 2.05) is 0 Å². The van der Waals surface area contributed by atoms with Crippen molar-refractivity contribution >= 4 is 17.8 Å². The molecular weight excluding hydrogens is 230 g/mol. The van der Waals surface area contributed by atoms with E-state index in [4.69, 9.17) is 4.42 Å². The van der Waals surface area contributed by atoms with Crippen LogP contribution >= 0.6 is 0 Å². The molecule has 3 rings (SSSR count). The van der Waals surface area contributed by atoms with Crippen molar-refractivity contribution in [3.63, 3.8) is 0 Å². The van der Waals surface area contributed by atoms with Crippen LogP contribution in [0.15, 0.2) is 58.0 Å². The Morgan fingerprint density at radius 3 is 2.78 bits per heavy atom. The van der Waals surface area contributed by atoms with Crippen LogP contribution in [-0.2, 0) is 4.79 Å². The molecule has 18 heavy (non-hydrogen) atoms. The Balaban J connectivity index is 1.94. The van der Waals surface area contributed by atoms with Crippen molar-refractivity contribution in [1.82, 2.24) is 10.3 Å². The Bertz CT molecular complexity index is 628. The molecule has 0 saturated carbocycles. The summed E-state index contributed by atoms with van der Waals surface area (Å²) in [5, 5.41) is 2.66. The molecule has 0 bridgehead atoms. The van der Waals surface area contributed by atoms with Gasteiger partial charge in [-0.2, -0.15) is 0 Å². The molecule has 0 unspecified atom stereocenters. The maximum absolute atomic E-state index is 11.7. The van der Waals surface area contributed by atoms with E-state index >= 15 is 0 Å². The van der Waals surface area contributed by atoms with Gasteiger partial charge in [-0.3, -0.25) is 9.78 Å². The lowest BCUT2D eigenvalue weighted by molar-refractivity contribution is -0.115. The highest BCUT2D eigenvalue weighted by molar-refractivity contribution is 6.18.